The SMILES string of the molecule is C=O.NNc1ccc(N)cc1. The first-order valence-electron chi connectivity index (χ1n) is 2.94. The third-order valence-corrected chi connectivity index (χ3v) is 1.08. The van der Waals surface area contributed by atoms with Gasteiger partial charge in [-0.2, -0.15) is 0 Å². The van der Waals surface area contributed by atoms with Crippen LogP contribution >= 0.6 is 0 Å². The molecule has 0 unspecified atom stereocenters. The third-order valence-electron chi connectivity index (χ3n) is 1.08. The fourth-order valence-corrected chi connectivity index (χ4v) is 0.579. The van der Waals surface area contributed by atoms with Crippen LogP contribution in [-0.4, -0.2) is 6.79 Å². The van der Waals surface area contributed by atoms with Crippen LogP contribution in [0.2, 0.25) is 0 Å². The number of carbonyl (C=O) groups excluding carboxylic acids is 1. The van der Waals surface area contributed by atoms with Crippen molar-refractivity contribution in [2.75, 3.05) is 11.2 Å². The van der Waals surface area contributed by atoms with Crippen molar-refractivity contribution in [2.24, 2.45) is 5.84 Å². The van der Waals surface area contributed by atoms with E-state index in [4.69, 9.17) is 16.4 Å². The van der Waals surface area contributed by atoms with Crippen molar-refractivity contribution in [1.82, 2.24) is 0 Å². The molecule has 60 valence electrons. The van der Waals surface area contributed by atoms with Crippen molar-refractivity contribution in [3.05, 3.63) is 24.3 Å². The minimum Gasteiger partial charge on any atom is -0.399 e. The van der Waals surface area contributed by atoms with Crippen molar-refractivity contribution in [1.29, 1.82) is 0 Å². The maximum atomic E-state index is 8.00. The van der Waals surface area contributed by atoms with Gasteiger partial charge in [0.25, 0.3) is 0 Å². The fourth-order valence-electron chi connectivity index (χ4n) is 0.579. The molecule has 0 atom stereocenters. The molecular weight excluding hydrogens is 142 g/mol. The van der Waals surface area contributed by atoms with E-state index >= 15 is 0 Å². The summed E-state index contributed by atoms with van der Waals surface area (Å²) in [6.07, 6.45) is 0. The van der Waals surface area contributed by atoms with Crippen LogP contribution in [0.15, 0.2) is 24.3 Å². The topological polar surface area (TPSA) is 81.1 Å². The molecule has 4 heteroatoms. The maximum Gasteiger partial charge on any atom is 0.106 e. The summed E-state index contributed by atoms with van der Waals surface area (Å²) in [6, 6.07) is 7.20. The quantitative estimate of drug-likeness (QED) is 0.309. The van der Waals surface area contributed by atoms with Gasteiger partial charge in [-0.05, 0) is 24.3 Å². The van der Waals surface area contributed by atoms with Gasteiger partial charge in [-0.3, -0.25) is 5.84 Å². The zero-order valence-electron chi connectivity index (χ0n) is 6.08. The van der Waals surface area contributed by atoms with E-state index in [1.165, 1.54) is 0 Å². The van der Waals surface area contributed by atoms with Gasteiger partial charge in [0.2, 0.25) is 0 Å². The van der Waals surface area contributed by atoms with Crippen LogP contribution in [0, 0.1) is 0 Å². The molecule has 0 aliphatic carbocycles. The highest BCUT2D eigenvalue weighted by Gasteiger charge is 1.84. The molecule has 4 nitrogen and oxygen atoms in total. The number of nitrogens with two attached hydrogens (primary N) is 2. The van der Waals surface area contributed by atoms with Crippen LogP contribution in [0.4, 0.5) is 11.4 Å². The predicted octanol–water partition coefficient (Wildman–Crippen LogP) is 0.369. The van der Waals surface area contributed by atoms with Gasteiger partial charge in [-0.15, -0.1) is 0 Å². The Morgan fingerprint density at radius 1 is 1.18 bits per heavy atom. The molecule has 0 bridgehead atoms. The van der Waals surface area contributed by atoms with E-state index in [9.17, 15) is 0 Å². The smallest absolute Gasteiger partial charge is 0.106 e. The van der Waals surface area contributed by atoms with E-state index < -0.39 is 0 Å². The summed E-state index contributed by atoms with van der Waals surface area (Å²) in [7, 11) is 0. The monoisotopic (exact) mass is 153 g/mol. The van der Waals surface area contributed by atoms with Crippen LogP contribution in [0.3, 0.4) is 0 Å². The van der Waals surface area contributed by atoms with E-state index in [2.05, 4.69) is 5.43 Å². The zero-order chi connectivity index (χ0) is 8.69. The summed E-state index contributed by atoms with van der Waals surface area (Å²) in [5.74, 6) is 5.11. The first kappa shape index (κ1) is 9.45. The van der Waals surface area contributed by atoms with Gasteiger partial charge in [-0.25, -0.2) is 0 Å². The number of rotatable bonds is 1. The number of nitrogen functional groups attached to an aromatic ring is 2. The van der Waals surface area contributed by atoms with E-state index in [0.717, 1.165) is 11.4 Å². The molecule has 0 spiro atoms. The van der Waals surface area contributed by atoms with Gasteiger partial charge in [0, 0.05) is 11.4 Å². The molecule has 0 amide bonds. The Morgan fingerprint density at radius 2 is 1.64 bits per heavy atom. The Bertz CT molecular complexity index is 197. The first-order valence-corrected chi connectivity index (χ1v) is 2.94. The fraction of sp³-hybridized carbons (Fsp3) is 0. The van der Waals surface area contributed by atoms with Crippen LogP contribution < -0.4 is 17.0 Å². The summed E-state index contributed by atoms with van der Waals surface area (Å²) in [5.41, 5.74) is 9.52. The number of hydrazine groups is 1. The molecule has 0 radical (unpaired) electrons. The second-order valence-electron chi connectivity index (χ2n) is 1.77. The summed E-state index contributed by atoms with van der Waals surface area (Å²) in [4.78, 5) is 8.00. The average molecular weight is 153 g/mol. The largest absolute Gasteiger partial charge is 0.399 e. The van der Waals surface area contributed by atoms with Gasteiger partial charge < -0.3 is 16.0 Å². The van der Waals surface area contributed by atoms with Crippen LogP contribution in [0.25, 0.3) is 0 Å². The average Bonchev–Trinajstić information content (AvgIpc) is 2.10. The standard InChI is InChI=1S/C6H9N3.CH2O/c7-5-1-3-6(9-8)4-2-5;1-2/h1-4,9H,7-8H2;1H2. The van der Waals surface area contributed by atoms with Crippen molar-refractivity contribution < 1.29 is 4.79 Å². The summed E-state index contributed by atoms with van der Waals surface area (Å²) in [5, 5.41) is 0. The highest BCUT2D eigenvalue weighted by Crippen LogP contribution is 2.07. The maximum absolute atomic E-state index is 8.00. The normalized spacial score (nSPS) is 7.73. The van der Waals surface area contributed by atoms with Gasteiger partial charge >= 0.3 is 0 Å². The Balaban J connectivity index is 0.000000461. The number of hydrogen-bond acceptors (Lipinski definition) is 4. The van der Waals surface area contributed by atoms with Gasteiger partial charge in [-0.1, -0.05) is 0 Å². The number of benzene rings is 1. The molecule has 1 aromatic rings. The molecule has 0 fully saturated rings. The lowest BCUT2D eigenvalue weighted by atomic mass is 10.3. The molecule has 0 heterocycles. The molecule has 1 aromatic carbocycles. The second-order valence-corrected chi connectivity index (χ2v) is 1.77. The Hall–Kier alpha value is -1.55. The zero-order valence-corrected chi connectivity index (χ0v) is 6.08. The van der Waals surface area contributed by atoms with Crippen LogP contribution in [-0.2, 0) is 4.79 Å². The van der Waals surface area contributed by atoms with E-state index in [1.807, 2.05) is 18.9 Å². The minimum absolute atomic E-state index is 0.744. The van der Waals surface area contributed by atoms with Crippen LogP contribution in [0.1, 0.15) is 0 Å². The molecule has 0 saturated heterocycles. The number of nitrogens with one attached hydrogen (secondary N) is 1. The number of hydrogen-bond donors (Lipinski definition) is 3. The molecular formula is C7H11N3O. The molecule has 0 aliphatic heterocycles. The minimum atomic E-state index is 0.744. The number of anilines is 2. The summed E-state index contributed by atoms with van der Waals surface area (Å²) in [6.45, 7) is 2.00. The van der Waals surface area contributed by atoms with Gasteiger partial charge in [0.15, 0.2) is 0 Å². The molecule has 0 saturated carbocycles. The van der Waals surface area contributed by atoms with E-state index in [1.54, 1.807) is 12.1 Å². The molecule has 1 rings (SSSR count). The molecule has 11 heavy (non-hydrogen) atoms. The molecule has 0 aliphatic rings. The Labute approximate surface area is 65.2 Å². The van der Waals surface area contributed by atoms with Crippen LogP contribution in [0.5, 0.6) is 0 Å². The van der Waals surface area contributed by atoms with Crippen molar-refractivity contribution in [3.8, 4) is 0 Å². The predicted molar refractivity (Wildman–Crippen MR) is 45.8 cm³/mol. The Morgan fingerprint density at radius 3 is 2.00 bits per heavy atom. The first-order chi connectivity index (χ1) is 5.33. The molecule has 0 aromatic heterocycles. The highest BCUT2D eigenvalue weighted by atomic mass is 16.1. The Kier molecular flexibility index (Phi) is 4.51. The lowest BCUT2D eigenvalue weighted by Crippen LogP contribution is -2.06. The van der Waals surface area contributed by atoms with Crippen molar-refractivity contribution in [2.45, 2.75) is 0 Å². The highest BCUT2D eigenvalue weighted by molar-refractivity contribution is 5.50. The number of carbonyl (C=O) groups is 1. The van der Waals surface area contributed by atoms with Crippen molar-refractivity contribution in [3.63, 3.8) is 0 Å². The lowest BCUT2D eigenvalue weighted by Gasteiger charge is -1.97. The second kappa shape index (κ2) is 5.25. The van der Waals surface area contributed by atoms with E-state index in [-0.39, 0.29) is 0 Å². The molecule has 5 N–H and O–H groups in total. The summed E-state index contributed by atoms with van der Waals surface area (Å²) < 4.78 is 0. The van der Waals surface area contributed by atoms with Gasteiger partial charge in [0.1, 0.15) is 6.79 Å². The van der Waals surface area contributed by atoms with Crippen molar-refractivity contribution >= 4 is 18.2 Å². The summed E-state index contributed by atoms with van der Waals surface area (Å²) >= 11 is 0. The lowest BCUT2D eigenvalue weighted by molar-refractivity contribution is -0.0979. The van der Waals surface area contributed by atoms with E-state index in [0.29, 0.717) is 0 Å². The third kappa shape index (κ3) is 3.22. The van der Waals surface area contributed by atoms with Gasteiger partial charge in [0.05, 0.1) is 0 Å².